The SMILES string of the molecule is CC1=C(C(=O)O)C(c2ccc([N+](=O)[O-])cc2[N+](=O)[O-])C(C(=O)O)=C(C)N1. The lowest BCUT2D eigenvalue weighted by molar-refractivity contribution is -0.394. The standard InChI is InChI=1S/C15H13N3O8/c1-6-11(14(19)20)13(12(15(21)22)7(2)16-6)9-4-3-8(17(23)24)5-10(9)18(25)26/h3-5,13,16H,1-2H3,(H,19,20)(H,21,22). The van der Waals surface area contributed by atoms with Gasteiger partial charge in [0.05, 0.1) is 33.0 Å². The highest BCUT2D eigenvalue weighted by Crippen LogP contribution is 2.42. The Morgan fingerprint density at radius 2 is 1.50 bits per heavy atom. The van der Waals surface area contributed by atoms with E-state index in [2.05, 4.69) is 5.32 Å². The van der Waals surface area contributed by atoms with Crippen LogP contribution in [0.2, 0.25) is 0 Å². The van der Waals surface area contributed by atoms with Gasteiger partial charge in [-0.3, -0.25) is 20.2 Å². The average molecular weight is 363 g/mol. The average Bonchev–Trinajstić information content (AvgIpc) is 2.52. The Labute approximate surface area is 145 Å². The second kappa shape index (κ2) is 6.63. The molecular weight excluding hydrogens is 350 g/mol. The Morgan fingerprint density at radius 1 is 1.00 bits per heavy atom. The molecule has 11 heteroatoms. The van der Waals surface area contributed by atoms with Crippen molar-refractivity contribution in [1.82, 2.24) is 5.32 Å². The maximum Gasteiger partial charge on any atom is 0.334 e. The van der Waals surface area contributed by atoms with Crippen LogP contribution in [0.1, 0.15) is 25.3 Å². The van der Waals surface area contributed by atoms with Crippen LogP contribution in [0.25, 0.3) is 0 Å². The molecule has 0 radical (unpaired) electrons. The summed E-state index contributed by atoms with van der Waals surface area (Å²) in [5.74, 6) is -4.38. The van der Waals surface area contributed by atoms with Crippen molar-refractivity contribution in [3.05, 3.63) is 66.5 Å². The van der Waals surface area contributed by atoms with Crippen molar-refractivity contribution in [2.45, 2.75) is 19.8 Å². The third-order valence-corrected chi connectivity index (χ3v) is 3.95. The Hall–Kier alpha value is -3.76. The van der Waals surface area contributed by atoms with E-state index in [1.54, 1.807) is 0 Å². The van der Waals surface area contributed by atoms with Gasteiger partial charge in [0.15, 0.2) is 0 Å². The van der Waals surface area contributed by atoms with Gasteiger partial charge in [0.25, 0.3) is 11.4 Å². The summed E-state index contributed by atoms with van der Waals surface area (Å²) in [6.45, 7) is 2.80. The lowest BCUT2D eigenvalue weighted by Crippen LogP contribution is -2.31. The number of benzene rings is 1. The number of rotatable bonds is 5. The Balaban J connectivity index is 2.85. The van der Waals surface area contributed by atoms with Crippen LogP contribution in [-0.4, -0.2) is 32.0 Å². The lowest BCUT2D eigenvalue weighted by Gasteiger charge is -2.28. The maximum absolute atomic E-state index is 11.7. The number of carboxylic acid groups (broad SMARTS) is 2. The number of aliphatic carboxylic acids is 2. The molecule has 1 aliphatic heterocycles. The van der Waals surface area contributed by atoms with Crippen LogP contribution in [0.15, 0.2) is 40.7 Å². The minimum Gasteiger partial charge on any atom is -0.478 e. The second-order valence-corrected chi connectivity index (χ2v) is 5.50. The van der Waals surface area contributed by atoms with Crippen LogP contribution in [0.5, 0.6) is 0 Å². The molecule has 0 atom stereocenters. The fourth-order valence-electron chi connectivity index (χ4n) is 2.92. The van der Waals surface area contributed by atoms with Crippen molar-refractivity contribution in [3.8, 4) is 0 Å². The fraction of sp³-hybridized carbons (Fsp3) is 0.200. The molecule has 1 aromatic rings. The van der Waals surface area contributed by atoms with Crippen LogP contribution < -0.4 is 5.32 Å². The van der Waals surface area contributed by atoms with Gasteiger partial charge in [0.2, 0.25) is 0 Å². The van der Waals surface area contributed by atoms with Crippen LogP contribution >= 0.6 is 0 Å². The highest BCUT2D eigenvalue weighted by atomic mass is 16.6. The first kappa shape index (κ1) is 18.6. The summed E-state index contributed by atoms with van der Waals surface area (Å²) in [5, 5.41) is 43.9. The first-order chi connectivity index (χ1) is 12.1. The monoisotopic (exact) mass is 363 g/mol. The largest absolute Gasteiger partial charge is 0.478 e. The van der Waals surface area contributed by atoms with E-state index in [0.717, 1.165) is 12.1 Å². The second-order valence-electron chi connectivity index (χ2n) is 5.50. The number of carbonyl (C=O) groups is 2. The zero-order valence-electron chi connectivity index (χ0n) is 13.5. The minimum absolute atomic E-state index is 0.123. The topological polar surface area (TPSA) is 173 Å². The number of nitro benzene ring substituents is 2. The number of non-ortho nitro benzene ring substituents is 1. The van der Waals surface area contributed by atoms with Crippen LogP contribution in [-0.2, 0) is 9.59 Å². The van der Waals surface area contributed by atoms with Gasteiger partial charge in [-0.2, -0.15) is 0 Å². The predicted molar refractivity (Wildman–Crippen MR) is 86.3 cm³/mol. The Kier molecular flexibility index (Phi) is 4.73. The minimum atomic E-state index is -1.47. The molecule has 0 aromatic heterocycles. The summed E-state index contributed by atoms with van der Waals surface area (Å²) in [4.78, 5) is 43.9. The molecule has 136 valence electrons. The van der Waals surface area contributed by atoms with Gasteiger partial charge >= 0.3 is 11.9 Å². The Bertz CT molecular complexity index is 879. The van der Waals surface area contributed by atoms with Crippen molar-refractivity contribution in [2.24, 2.45) is 0 Å². The first-order valence-corrected chi connectivity index (χ1v) is 7.14. The molecule has 2 rings (SSSR count). The van der Waals surface area contributed by atoms with Crippen LogP contribution in [0.3, 0.4) is 0 Å². The quantitative estimate of drug-likeness (QED) is 0.521. The molecule has 26 heavy (non-hydrogen) atoms. The van der Waals surface area contributed by atoms with E-state index in [1.165, 1.54) is 13.8 Å². The number of nitrogens with one attached hydrogen (secondary N) is 1. The third kappa shape index (κ3) is 3.09. The van der Waals surface area contributed by atoms with Gasteiger partial charge < -0.3 is 15.5 Å². The summed E-state index contributed by atoms with van der Waals surface area (Å²) >= 11 is 0. The predicted octanol–water partition coefficient (Wildman–Crippen LogP) is 1.91. The van der Waals surface area contributed by atoms with E-state index >= 15 is 0 Å². The molecule has 0 spiro atoms. The van der Waals surface area contributed by atoms with Crippen LogP contribution in [0.4, 0.5) is 11.4 Å². The summed E-state index contributed by atoms with van der Waals surface area (Å²) in [6.07, 6.45) is 0. The number of nitro groups is 2. The molecule has 0 fully saturated rings. The third-order valence-electron chi connectivity index (χ3n) is 3.95. The van der Waals surface area contributed by atoms with Crippen molar-refractivity contribution in [2.75, 3.05) is 0 Å². The van der Waals surface area contributed by atoms with Gasteiger partial charge in [0.1, 0.15) is 0 Å². The summed E-state index contributed by atoms with van der Waals surface area (Å²) in [6, 6.07) is 2.66. The summed E-state index contributed by atoms with van der Waals surface area (Å²) < 4.78 is 0. The smallest absolute Gasteiger partial charge is 0.334 e. The first-order valence-electron chi connectivity index (χ1n) is 7.14. The number of nitrogens with zero attached hydrogens (tertiary/aromatic N) is 2. The molecular formula is C15H13N3O8. The molecule has 0 saturated carbocycles. The summed E-state index contributed by atoms with van der Waals surface area (Å²) in [5.41, 5.74) is -2.07. The molecule has 1 aliphatic rings. The lowest BCUT2D eigenvalue weighted by atomic mass is 9.79. The fourth-order valence-corrected chi connectivity index (χ4v) is 2.92. The van der Waals surface area contributed by atoms with Crippen LogP contribution in [0, 0.1) is 20.2 Å². The number of carboxylic acids is 2. The van der Waals surface area contributed by atoms with Crippen molar-refractivity contribution >= 4 is 23.3 Å². The van der Waals surface area contributed by atoms with Crippen molar-refractivity contribution in [1.29, 1.82) is 0 Å². The molecule has 11 nitrogen and oxygen atoms in total. The molecule has 0 saturated heterocycles. The molecule has 0 bridgehead atoms. The van der Waals surface area contributed by atoms with Gasteiger partial charge in [-0.25, -0.2) is 9.59 Å². The highest BCUT2D eigenvalue weighted by molar-refractivity contribution is 5.98. The van der Waals surface area contributed by atoms with Crippen molar-refractivity contribution < 1.29 is 29.6 Å². The number of dihydropyridines is 1. The van der Waals surface area contributed by atoms with Gasteiger partial charge in [0, 0.05) is 23.0 Å². The zero-order valence-corrected chi connectivity index (χ0v) is 13.5. The van der Waals surface area contributed by atoms with Gasteiger partial charge in [-0.05, 0) is 19.9 Å². The van der Waals surface area contributed by atoms with Gasteiger partial charge in [-0.15, -0.1) is 0 Å². The maximum atomic E-state index is 11.7. The van der Waals surface area contributed by atoms with Gasteiger partial charge in [-0.1, -0.05) is 0 Å². The molecule has 1 aromatic carbocycles. The van der Waals surface area contributed by atoms with Crippen molar-refractivity contribution in [3.63, 3.8) is 0 Å². The normalized spacial score (nSPS) is 14.8. The molecule has 3 N–H and O–H groups in total. The number of allylic oxidation sites excluding steroid dienone is 2. The Morgan fingerprint density at radius 3 is 1.88 bits per heavy atom. The van der Waals surface area contributed by atoms with E-state index in [9.17, 15) is 40.0 Å². The zero-order chi connectivity index (χ0) is 19.8. The van der Waals surface area contributed by atoms with E-state index in [0.29, 0.717) is 6.07 Å². The van der Waals surface area contributed by atoms with E-state index in [1.807, 2.05) is 0 Å². The van der Waals surface area contributed by atoms with E-state index in [4.69, 9.17) is 0 Å². The number of hydrogen-bond acceptors (Lipinski definition) is 7. The molecule has 0 unspecified atom stereocenters. The molecule has 0 aliphatic carbocycles. The molecule has 0 amide bonds. The highest BCUT2D eigenvalue weighted by Gasteiger charge is 2.40. The van der Waals surface area contributed by atoms with E-state index < -0.39 is 39.1 Å². The molecule has 1 heterocycles. The number of hydrogen-bond donors (Lipinski definition) is 3. The summed E-state index contributed by atoms with van der Waals surface area (Å²) in [7, 11) is 0. The van der Waals surface area contributed by atoms with E-state index in [-0.39, 0.29) is 28.1 Å².